The van der Waals surface area contributed by atoms with Crippen molar-refractivity contribution >= 4 is 5.91 Å². The number of hydrogen-bond acceptors (Lipinski definition) is 2. The Kier molecular flexibility index (Phi) is 4.70. The van der Waals surface area contributed by atoms with Crippen LogP contribution < -0.4 is 5.32 Å². The molecule has 3 rings (SSSR count). The monoisotopic (exact) mass is 333 g/mol. The summed E-state index contributed by atoms with van der Waals surface area (Å²) in [6, 6.07) is 15.9. The van der Waals surface area contributed by atoms with E-state index in [1.54, 1.807) is 0 Å². The van der Waals surface area contributed by atoms with E-state index >= 15 is 0 Å². The number of amides is 1. The van der Waals surface area contributed by atoms with Gasteiger partial charge in [-0.05, 0) is 51.5 Å². The molecule has 0 spiro atoms. The first-order valence-electron chi connectivity index (χ1n) is 8.43. The molecule has 0 unspecified atom stereocenters. The van der Waals surface area contributed by atoms with E-state index in [1.165, 1.54) is 0 Å². The van der Waals surface area contributed by atoms with Crippen molar-refractivity contribution in [1.82, 2.24) is 15.1 Å². The van der Waals surface area contributed by atoms with E-state index in [2.05, 4.69) is 10.4 Å². The minimum absolute atomic E-state index is 0.0521. The zero-order valence-corrected chi connectivity index (χ0v) is 15.1. The van der Waals surface area contributed by atoms with Gasteiger partial charge in [-0.3, -0.25) is 4.79 Å². The molecule has 3 aromatic rings. The molecule has 1 amide bonds. The van der Waals surface area contributed by atoms with Crippen molar-refractivity contribution < 1.29 is 4.79 Å². The summed E-state index contributed by atoms with van der Waals surface area (Å²) in [5.74, 6) is -0.0521. The summed E-state index contributed by atoms with van der Waals surface area (Å²) < 4.78 is 1.92. The van der Waals surface area contributed by atoms with Crippen LogP contribution in [0.5, 0.6) is 0 Å². The molecule has 0 bridgehead atoms. The smallest absolute Gasteiger partial charge is 0.251 e. The van der Waals surface area contributed by atoms with Crippen molar-refractivity contribution in [2.75, 3.05) is 0 Å². The third-order valence-electron chi connectivity index (χ3n) is 4.49. The minimum atomic E-state index is -0.0521. The van der Waals surface area contributed by atoms with Gasteiger partial charge in [-0.25, -0.2) is 4.68 Å². The lowest BCUT2D eigenvalue weighted by molar-refractivity contribution is 0.0950. The first kappa shape index (κ1) is 17.0. The van der Waals surface area contributed by atoms with Crippen LogP contribution in [0.15, 0.2) is 48.5 Å². The van der Waals surface area contributed by atoms with Gasteiger partial charge in [0.1, 0.15) is 0 Å². The highest BCUT2D eigenvalue weighted by atomic mass is 16.1. The summed E-state index contributed by atoms with van der Waals surface area (Å²) >= 11 is 0. The molecule has 4 nitrogen and oxygen atoms in total. The van der Waals surface area contributed by atoms with E-state index in [4.69, 9.17) is 0 Å². The largest absolute Gasteiger partial charge is 0.348 e. The molecule has 2 aromatic carbocycles. The lowest BCUT2D eigenvalue weighted by Crippen LogP contribution is -2.24. The summed E-state index contributed by atoms with van der Waals surface area (Å²) in [5.41, 5.74) is 6.93. The van der Waals surface area contributed by atoms with Crippen LogP contribution in [0, 0.1) is 27.7 Å². The summed E-state index contributed by atoms with van der Waals surface area (Å²) in [4.78, 5) is 12.5. The number of carbonyl (C=O) groups excluding carboxylic acids is 1. The number of benzene rings is 2. The van der Waals surface area contributed by atoms with E-state index in [-0.39, 0.29) is 5.91 Å². The van der Waals surface area contributed by atoms with Gasteiger partial charge >= 0.3 is 0 Å². The number of para-hydroxylation sites is 1. The topological polar surface area (TPSA) is 46.9 Å². The normalized spacial score (nSPS) is 10.7. The van der Waals surface area contributed by atoms with Crippen molar-refractivity contribution in [3.63, 3.8) is 0 Å². The summed E-state index contributed by atoms with van der Waals surface area (Å²) in [7, 11) is 0. The second-order valence-corrected chi connectivity index (χ2v) is 6.40. The SMILES string of the molecule is Cc1ccc(C(=O)NCc2c(C)nn(-c3ccccc3)c2C)c(C)c1. The summed E-state index contributed by atoms with van der Waals surface area (Å²) in [6.07, 6.45) is 0. The van der Waals surface area contributed by atoms with Crippen LogP contribution in [-0.2, 0) is 6.54 Å². The first-order chi connectivity index (χ1) is 12.0. The van der Waals surface area contributed by atoms with Crippen molar-refractivity contribution in [1.29, 1.82) is 0 Å². The average Bonchev–Trinajstić information content (AvgIpc) is 2.88. The maximum Gasteiger partial charge on any atom is 0.251 e. The van der Waals surface area contributed by atoms with Gasteiger partial charge in [0, 0.05) is 23.4 Å². The van der Waals surface area contributed by atoms with Gasteiger partial charge in [0.15, 0.2) is 0 Å². The fourth-order valence-corrected chi connectivity index (χ4v) is 3.08. The molecular weight excluding hydrogens is 310 g/mol. The Morgan fingerprint density at radius 2 is 1.76 bits per heavy atom. The van der Waals surface area contributed by atoms with Crippen LogP contribution in [0.1, 0.15) is 38.4 Å². The van der Waals surface area contributed by atoms with Crippen molar-refractivity contribution in [3.05, 3.63) is 82.2 Å². The molecule has 0 saturated carbocycles. The Morgan fingerprint density at radius 1 is 1.04 bits per heavy atom. The van der Waals surface area contributed by atoms with Gasteiger partial charge < -0.3 is 5.32 Å². The first-order valence-corrected chi connectivity index (χ1v) is 8.43. The van der Waals surface area contributed by atoms with Crippen LogP contribution in [0.4, 0.5) is 0 Å². The third-order valence-corrected chi connectivity index (χ3v) is 4.49. The summed E-state index contributed by atoms with van der Waals surface area (Å²) in [6.45, 7) is 8.47. The minimum Gasteiger partial charge on any atom is -0.348 e. The van der Waals surface area contributed by atoms with Gasteiger partial charge in [-0.1, -0.05) is 35.9 Å². The Hall–Kier alpha value is -2.88. The predicted octanol–water partition coefficient (Wildman–Crippen LogP) is 4.04. The van der Waals surface area contributed by atoms with Gasteiger partial charge in [0.05, 0.1) is 11.4 Å². The van der Waals surface area contributed by atoms with E-state index < -0.39 is 0 Å². The molecule has 0 saturated heterocycles. The molecule has 0 aliphatic heterocycles. The van der Waals surface area contributed by atoms with Gasteiger partial charge in [0.2, 0.25) is 0 Å². The second kappa shape index (κ2) is 6.93. The fraction of sp³-hybridized carbons (Fsp3) is 0.238. The Morgan fingerprint density at radius 3 is 2.44 bits per heavy atom. The number of aryl methyl sites for hydroxylation is 3. The maximum atomic E-state index is 12.5. The fourth-order valence-electron chi connectivity index (χ4n) is 3.08. The molecule has 0 aliphatic carbocycles. The van der Waals surface area contributed by atoms with Crippen LogP contribution in [0.2, 0.25) is 0 Å². The molecule has 0 fully saturated rings. The second-order valence-electron chi connectivity index (χ2n) is 6.40. The van der Waals surface area contributed by atoms with Gasteiger partial charge in [0.25, 0.3) is 5.91 Å². The zero-order valence-electron chi connectivity index (χ0n) is 15.1. The maximum absolute atomic E-state index is 12.5. The average molecular weight is 333 g/mol. The number of aromatic nitrogens is 2. The molecule has 128 valence electrons. The number of rotatable bonds is 4. The molecule has 1 N–H and O–H groups in total. The molecule has 4 heteroatoms. The highest BCUT2D eigenvalue weighted by Gasteiger charge is 2.15. The Bertz CT molecular complexity index is 910. The Balaban J connectivity index is 1.80. The molecular formula is C21H23N3O. The van der Waals surface area contributed by atoms with Crippen LogP contribution in [0.25, 0.3) is 5.69 Å². The number of nitrogens with one attached hydrogen (secondary N) is 1. The quantitative estimate of drug-likeness (QED) is 0.783. The molecule has 0 aliphatic rings. The van der Waals surface area contributed by atoms with Gasteiger partial charge in [-0.15, -0.1) is 0 Å². The van der Waals surface area contributed by atoms with Crippen LogP contribution in [-0.4, -0.2) is 15.7 Å². The molecule has 25 heavy (non-hydrogen) atoms. The van der Waals surface area contributed by atoms with Crippen LogP contribution >= 0.6 is 0 Å². The summed E-state index contributed by atoms with van der Waals surface area (Å²) in [5, 5.41) is 7.66. The number of carbonyl (C=O) groups is 1. The number of hydrogen-bond donors (Lipinski definition) is 1. The highest BCUT2D eigenvalue weighted by molar-refractivity contribution is 5.95. The zero-order chi connectivity index (χ0) is 18.0. The molecule has 0 atom stereocenters. The van der Waals surface area contributed by atoms with E-state index in [0.717, 1.165) is 39.3 Å². The molecule has 1 aromatic heterocycles. The van der Waals surface area contributed by atoms with E-state index in [9.17, 15) is 4.79 Å². The standard InChI is InChI=1S/C21H23N3O/c1-14-10-11-19(15(2)12-14)21(25)22-13-20-16(3)23-24(17(20)4)18-8-6-5-7-9-18/h5-12H,13H2,1-4H3,(H,22,25). The van der Waals surface area contributed by atoms with Gasteiger partial charge in [-0.2, -0.15) is 5.10 Å². The predicted molar refractivity (Wildman–Crippen MR) is 100 cm³/mol. The Labute approximate surface area is 148 Å². The van der Waals surface area contributed by atoms with Crippen molar-refractivity contribution in [2.45, 2.75) is 34.2 Å². The highest BCUT2D eigenvalue weighted by Crippen LogP contribution is 2.18. The van der Waals surface area contributed by atoms with Crippen molar-refractivity contribution in [2.24, 2.45) is 0 Å². The van der Waals surface area contributed by atoms with E-state index in [0.29, 0.717) is 6.54 Å². The lowest BCUT2D eigenvalue weighted by atomic mass is 10.1. The third kappa shape index (κ3) is 3.48. The van der Waals surface area contributed by atoms with Crippen molar-refractivity contribution in [3.8, 4) is 5.69 Å². The lowest BCUT2D eigenvalue weighted by Gasteiger charge is -2.09. The molecule has 0 radical (unpaired) electrons. The van der Waals surface area contributed by atoms with Crippen LogP contribution in [0.3, 0.4) is 0 Å². The number of nitrogens with zero attached hydrogens (tertiary/aromatic N) is 2. The van der Waals surface area contributed by atoms with E-state index in [1.807, 2.05) is 80.9 Å². The molecule has 1 heterocycles.